The van der Waals surface area contributed by atoms with Gasteiger partial charge in [-0.15, -0.1) is 0 Å². The van der Waals surface area contributed by atoms with Crippen LogP contribution in [0.2, 0.25) is 0 Å². The number of amides is 3. The molecular formula is C6H13N3O4. The number of hydrogen-bond donors (Lipinski definition) is 3. The molecule has 4 N–H and O–H groups in total. The average molecular weight is 191 g/mol. The van der Waals surface area contributed by atoms with Crippen molar-refractivity contribution in [2.45, 2.75) is 0 Å². The fraction of sp³-hybridized carbons (Fsp3) is 0.667. The van der Waals surface area contributed by atoms with E-state index in [1.54, 1.807) is 0 Å². The summed E-state index contributed by atoms with van der Waals surface area (Å²) >= 11 is 0. The van der Waals surface area contributed by atoms with Crippen LogP contribution < -0.4 is 16.6 Å². The van der Waals surface area contributed by atoms with Gasteiger partial charge in [0.2, 0.25) is 0 Å². The number of carbonyl (C=O) groups excluding carboxylic acids is 2. The van der Waals surface area contributed by atoms with Crippen molar-refractivity contribution in [3.05, 3.63) is 0 Å². The lowest BCUT2D eigenvalue weighted by atomic mass is 10.6. The summed E-state index contributed by atoms with van der Waals surface area (Å²) in [5, 5.41) is 0. The van der Waals surface area contributed by atoms with Gasteiger partial charge in [-0.05, 0) is 0 Å². The lowest BCUT2D eigenvalue weighted by Gasteiger charge is -2.04. The summed E-state index contributed by atoms with van der Waals surface area (Å²) in [6.45, 7) is 0.584. The molecule has 0 unspecified atom stereocenters. The minimum Gasteiger partial charge on any atom is -0.382 e. The topological polar surface area (TPSA) is 103 Å². The van der Waals surface area contributed by atoms with Gasteiger partial charge in [0.15, 0.2) is 0 Å². The Bertz CT molecular complexity index is 173. The third-order valence-corrected chi connectivity index (χ3v) is 0.990. The van der Waals surface area contributed by atoms with Crippen LogP contribution in [0.1, 0.15) is 0 Å². The first-order valence-electron chi connectivity index (χ1n) is 3.57. The summed E-state index contributed by atoms with van der Waals surface area (Å²) in [7, 11) is 1.53. The van der Waals surface area contributed by atoms with Crippen LogP contribution in [-0.2, 0) is 14.3 Å². The third-order valence-electron chi connectivity index (χ3n) is 0.990. The number of rotatable bonds is 5. The number of primary amides is 1. The minimum atomic E-state index is -0.828. The second-order valence-corrected chi connectivity index (χ2v) is 2.08. The zero-order valence-electron chi connectivity index (χ0n) is 7.33. The number of hydrazine groups is 1. The maximum atomic E-state index is 10.8. The van der Waals surface area contributed by atoms with Crippen molar-refractivity contribution in [2.75, 3.05) is 26.9 Å². The molecule has 0 radical (unpaired) electrons. The van der Waals surface area contributed by atoms with Gasteiger partial charge in [0, 0.05) is 7.11 Å². The molecule has 0 spiro atoms. The lowest BCUT2D eigenvalue weighted by molar-refractivity contribution is -0.126. The van der Waals surface area contributed by atoms with Gasteiger partial charge >= 0.3 is 6.03 Å². The highest BCUT2D eigenvalue weighted by molar-refractivity contribution is 5.80. The summed E-state index contributed by atoms with van der Waals surface area (Å²) < 4.78 is 9.51. The highest BCUT2D eigenvalue weighted by Gasteiger charge is 2.00. The zero-order chi connectivity index (χ0) is 10.1. The molecular weight excluding hydrogens is 178 g/mol. The molecule has 0 aromatic heterocycles. The van der Waals surface area contributed by atoms with Crippen LogP contribution >= 0.6 is 0 Å². The Labute approximate surface area is 75.5 Å². The SMILES string of the molecule is COCCOCC(=O)NNC(N)=O. The lowest BCUT2D eigenvalue weighted by Crippen LogP contribution is -2.45. The minimum absolute atomic E-state index is 0.149. The molecule has 0 aliphatic rings. The summed E-state index contributed by atoms with van der Waals surface area (Å²) in [6.07, 6.45) is 0. The fourth-order valence-corrected chi connectivity index (χ4v) is 0.475. The summed E-state index contributed by atoms with van der Waals surface area (Å²) in [5.41, 5.74) is 8.64. The molecule has 3 amide bonds. The van der Waals surface area contributed by atoms with Crippen molar-refractivity contribution >= 4 is 11.9 Å². The van der Waals surface area contributed by atoms with Crippen LogP contribution in [0.4, 0.5) is 4.79 Å². The normalized spacial score (nSPS) is 9.31. The standard InChI is InChI=1S/C6H13N3O4/c1-12-2-3-13-4-5(10)8-9-6(7)11/h2-4H2,1H3,(H,8,10)(H3,7,9,11). The molecule has 7 heteroatoms. The number of carbonyl (C=O) groups is 2. The predicted octanol–water partition coefficient (Wildman–Crippen LogP) is -1.65. The molecule has 0 heterocycles. The van der Waals surface area contributed by atoms with Crippen molar-refractivity contribution < 1.29 is 19.1 Å². The largest absolute Gasteiger partial charge is 0.382 e. The average Bonchev–Trinajstić information content (AvgIpc) is 2.09. The molecule has 0 saturated heterocycles. The molecule has 0 atom stereocenters. The number of urea groups is 1. The molecule has 0 aliphatic heterocycles. The second kappa shape index (κ2) is 7.32. The van der Waals surface area contributed by atoms with Crippen molar-refractivity contribution in [2.24, 2.45) is 5.73 Å². The van der Waals surface area contributed by atoms with Crippen LogP contribution in [0, 0.1) is 0 Å². The molecule has 0 rings (SSSR count). The maximum absolute atomic E-state index is 10.8. The zero-order valence-corrected chi connectivity index (χ0v) is 7.33. The van der Waals surface area contributed by atoms with Crippen LogP contribution in [0.3, 0.4) is 0 Å². The van der Waals surface area contributed by atoms with E-state index in [1.807, 2.05) is 10.9 Å². The van der Waals surface area contributed by atoms with Gasteiger partial charge in [-0.2, -0.15) is 0 Å². The monoisotopic (exact) mass is 191 g/mol. The Morgan fingerprint density at radius 3 is 2.54 bits per heavy atom. The molecule has 0 aliphatic carbocycles. The highest BCUT2D eigenvalue weighted by atomic mass is 16.5. The van der Waals surface area contributed by atoms with Gasteiger partial charge < -0.3 is 15.2 Å². The van der Waals surface area contributed by atoms with Crippen LogP contribution in [-0.4, -0.2) is 38.9 Å². The third kappa shape index (κ3) is 8.57. The molecule has 13 heavy (non-hydrogen) atoms. The van der Waals surface area contributed by atoms with E-state index in [0.717, 1.165) is 0 Å². The molecule has 0 fully saturated rings. The second-order valence-electron chi connectivity index (χ2n) is 2.08. The first-order valence-corrected chi connectivity index (χ1v) is 3.57. The van der Waals surface area contributed by atoms with E-state index < -0.39 is 11.9 Å². The van der Waals surface area contributed by atoms with Gasteiger partial charge in [-0.25, -0.2) is 10.2 Å². The Morgan fingerprint density at radius 1 is 1.31 bits per heavy atom. The van der Waals surface area contributed by atoms with Crippen molar-refractivity contribution in [3.8, 4) is 0 Å². The van der Waals surface area contributed by atoms with E-state index in [9.17, 15) is 9.59 Å². The number of hydrogen-bond acceptors (Lipinski definition) is 4. The smallest absolute Gasteiger partial charge is 0.330 e. The van der Waals surface area contributed by atoms with E-state index in [1.165, 1.54) is 7.11 Å². The van der Waals surface area contributed by atoms with Gasteiger partial charge in [0.25, 0.3) is 5.91 Å². The maximum Gasteiger partial charge on any atom is 0.330 e. The number of ether oxygens (including phenoxy) is 2. The quantitative estimate of drug-likeness (QED) is 0.358. The summed E-state index contributed by atoms with van der Waals surface area (Å²) in [6, 6.07) is -0.828. The van der Waals surface area contributed by atoms with Gasteiger partial charge in [-0.3, -0.25) is 10.2 Å². The summed E-state index contributed by atoms with van der Waals surface area (Å²) in [4.78, 5) is 20.9. The first kappa shape index (κ1) is 11.7. The van der Waals surface area contributed by atoms with E-state index in [2.05, 4.69) is 4.74 Å². The van der Waals surface area contributed by atoms with E-state index in [-0.39, 0.29) is 6.61 Å². The molecule has 0 bridgehead atoms. The molecule has 0 aromatic rings. The van der Waals surface area contributed by atoms with E-state index in [0.29, 0.717) is 13.2 Å². The van der Waals surface area contributed by atoms with Crippen molar-refractivity contribution in [1.29, 1.82) is 0 Å². The van der Waals surface area contributed by atoms with Crippen molar-refractivity contribution in [1.82, 2.24) is 10.9 Å². The molecule has 7 nitrogen and oxygen atoms in total. The highest BCUT2D eigenvalue weighted by Crippen LogP contribution is 1.75. The van der Waals surface area contributed by atoms with Crippen LogP contribution in [0.5, 0.6) is 0 Å². The van der Waals surface area contributed by atoms with Gasteiger partial charge in [0.05, 0.1) is 13.2 Å². The van der Waals surface area contributed by atoms with Crippen LogP contribution in [0.15, 0.2) is 0 Å². The Hall–Kier alpha value is -1.34. The predicted molar refractivity (Wildman–Crippen MR) is 43.6 cm³/mol. The fourth-order valence-electron chi connectivity index (χ4n) is 0.475. The van der Waals surface area contributed by atoms with Crippen LogP contribution in [0.25, 0.3) is 0 Å². The van der Waals surface area contributed by atoms with Gasteiger partial charge in [-0.1, -0.05) is 0 Å². The number of nitrogens with two attached hydrogens (primary N) is 1. The number of nitrogens with one attached hydrogen (secondary N) is 2. The van der Waals surface area contributed by atoms with E-state index >= 15 is 0 Å². The Balaban J connectivity index is 3.25. The summed E-state index contributed by atoms with van der Waals surface area (Å²) in [5.74, 6) is -0.477. The molecule has 76 valence electrons. The van der Waals surface area contributed by atoms with Gasteiger partial charge in [0.1, 0.15) is 6.61 Å². The molecule has 0 aromatic carbocycles. The Morgan fingerprint density at radius 2 is 2.00 bits per heavy atom. The number of methoxy groups -OCH3 is 1. The first-order chi connectivity index (χ1) is 6.16. The Kier molecular flexibility index (Phi) is 6.56. The van der Waals surface area contributed by atoms with E-state index in [4.69, 9.17) is 10.5 Å². The molecule has 0 saturated carbocycles. The van der Waals surface area contributed by atoms with Crippen molar-refractivity contribution in [3.63, 3.8) is 0 Å².